The van der Waals surface area contributed by atoms with Crippen molar-refractivity contribution in [2.24, 2.45) is 11.8 Å². The average molecular weight is 624 g/mol. The number of ether oxygens (including phenoxy) is 1. The van der Waals surface area contributed by atoms with Crippen molar-refractivity contribution in [1.29, 1.82) is 0 Å². The van der Waals surface area contributed by atoms with E-state index in [2.05, 4.69) is 25.7 Å². The quantitative estimate of drug-likeness (QED) is 0.257. The van der Waals surface area contributed by atoms with E-state index in [0.717, 1.165) is 29.9 Å². The van der Waals surface area contributed by atoms with Gasteiger partial charge < -0.3 is 25.3 Å². The number of nitrogens with one attached hydrogen (secondary N) is 3. The smallest absolute Gasteiger partial charge is 0.443 e. The summed E-state index contributed by atoms with van der Waals surface area (Å²) in [6.45, 7) is 0.996. The highest BCUT2D eigenvalue weighted by Crippen LogP contribution is 2.44. The molecule has 1 unspecified atom stereocenters. The molecule has 2 fully saturated rings. The van der Waals surface area contributed by atoms with E-state index in [1.807, 2.05) is 0 Å². The van der Waals surface area contributed by atoms with Crippen LogP contribution in [-0.2, 0) is 31.8 Å². The zero-order chi connectivity index (χ0) is 31.3. The number of anilines is 1. The van der Waals surface area contributed by atoms with Crippen LogP contribution in [0.3, 0.4) is 0 Å². The number of pyridine rings is 1. The van der Waals surface area contributed by atoms with Crippen LogP contribution in [-0.4, -0.2) is 52.4 Å². The van der Waals surface area contributed by atoms with Gasteiger partial charge in [0.1, 0.15) is 23.2 Å². The molecule has 2 aliphatic rings. The minimum atomic E-state index is -4.75. The summed E-state index contributed by atoms with van der Waals surface area (Å²) in [4.78, 5) is 66.4. The van der Waals surface area contributed by atoms with Crippen LogP contribution >= 0.6 is 11.3 Å². The van der Waals surface area contributed by atoms with Crippen molar-refractivity contribution in [2.75, 3.05) is 12.4 Å². The van der Waals surface area contributed by atoms with E-state index < -0.39 is 40.6 Å². The molecule has 2 aromatic rings. The average Bonchev–Trinajstić information content (AvgIpc) is 3.68. The molecule has 2 heterocycles. The van der Waals surface area contributed by atoms with Gasteiger partial charge in [0.15, 0.2) is 5.01 Å². The van der Waals surface area contributed by atoms with Crippen molar-refractivity contribution < 1.29 is 37.1 Å². The third-order valence-electron chi connectivity index (χ3n) is 7.62. The van der Waals surface area contributed by atoms with E-state index in [4.69, 9.17) is 0 Å². The van der Waals surface area contributed by atoms with Crippen molar-refractivity contribution in [2.45, 2.75) is 70.3 Å². The lowest BCUT2D eigenvalue weighted by Gasteiger charge is -2.23. The van der Waals surface area contributed by atoms with Gasteiger partial charge in [-0.2, -0.15) is 13.2 Å². The van der Waals surface area contributed by atoms with Crippen molar-refractivity contribution in [1.82, 2.24) is 20.2 Å². The molecule has 2 bridgehead atoms. The highest BCUT2D eigenvalue weighted by atomic mass is 32.1. The number of aromatic nitrogens is 2. The van der Waals surface area contributed by atoms with Crippen molar-refractivity contribution >= 4 is 40.7 Å². The van der Waals surface area contributed by atoms with Gasteiger partial charge in [-0.3, -0.25) is 19.2 Å². The lowest BCUT2D eigenvalue weighted by atomic mass is 9.95. The van der Waals surface area contributed by atoms with E-state index in [-0.39, 0.29) is 58.9 Å². The number of carbonyl (C=O) groups excluding carboxylic acids is 4. The van der Waals surface area contributed by atoms with E-state index >= 15 is 0 Å². The fourth-order valence-electron chi connectivity index (χ4n) is 5.54. The Bertz CT molecular complexity index is 1470. The van der Waals surface area contributed by atoms with Crippen LogP contribution in [0.4, 0.5) is 18.9 Å². The Kier molecular flexibility index (Phi) is 10.0. The minimum absolute atomic E-state index is 0.0674. The topological polar surface area (TPSA) is 148 Å². The van der Waals surface area contributed by atoms with Gasteiger partial charge >= 0.3 is 12.1 Å². The fraction of sp³-hybridized carbons (Fsp3) is 0.500. The molecule has 0 spiro atoms. The summed E-state index contributed by atoms with van der Waals surface area (Å²) in [7, 11) is 1.18. The Hall–Kier alpha value is -4.01. The molecule has 2 aromatic heterocycles. The van der Waals surface area contributed by atoms with Gasteiger partial charge in [0.05, 0.1) is 12.8 Å². The summed E-state index contributed by atoms with van der Waals surface area (Å²) in [5, 5.41) is 6.67. The van der Waals surface area contributed by atoms with Gasteiger partial charge in [0.25, 0.3) is 11.5 Å². The van der Waals surface area contributed by atoms with Crippen LogP contribution in [0.1, 0.15) is 58.9 Å². The molecule has 11 nitrogen and oxygen atoms in total. The van der Waals surface area contributed by atoms with E-state index in [9.17, 15) is 37.1 Å². The van der Waals surface area contributed by atoms with E-state index in [0.29, 0.717) is 11.8 Å². The Balaban J connectivity index is 1.45. The number of amides is 3. The number of aryl methyl sites for hydroxylation is 1. The summed E-state index contributed by atoms with van der Waals surface area (Å²) in [6.07, 6.45) is 3.53. The van der Waals surface area contributed by atoms with E-state index in [1.54, 1.807) is 0 Å². The Labute approximate surface area is 248 Å². The first-order chi connectivity index (χ1) is 20.3. The second kappa shape index (κ2) is 13.5. The molecular weight excluding hydrogens is 591 g/mol. The molecule has 232 valence electrons. The normalized spacial score (nSPS) is 20.2. The molecule has 0 aliphatic heterocycles. The molecule has 4 atom stereocenters. The first-order valence-electron chi connectivity index (χ1n) is 13.7. The predicted octanol–water partition coefficient (Wildman–Crippen LogP) is 3.18. The molecule has 4 rings (SSSR count). The number of hydrogen-bond acceptors (Lipinski definition) is 8. The molecule has 43 heavy (non-hydrogen) atoms. The summed E-state index contributed by atoms with van der Waals surface area (Å²) < 4.78 is 45.0. The standard InChI is InChI=1S/C28H32F3N5O6S/c1-15-23(43-27(32-15)28(29,30)31)25(40)34-18(6-3-4-8-22(38)42-2)24(39)35-19-7-5-11-36(26(19)41)14-21(37)33-20-13-16-9-10-17(20)12-16/h4-5,7-8,11,16-18,20H,3,6,9-10,12-14H2,1-2H3,(H,33,37)(H,34,40)(H,35,39)/b8-4+/t16-,17+,18?,20-/m1/s1. The van der Waals surface area contributed by atoms with Crippen LogP contribution in [0.5, 0.6) is 0 Å². The number of halogens is 3. The van der Waals surface area contributed by atoms with Crippen LogP contribution < -0.4 is 21.5 Å². The second-order valence-corrected chi connectivity index (χ2v) is 11.7. The third-order valence-corrected chi connectivity index (χ3v) is 8.82. The van der Waals surface area contributed by atoms with Gasteiger partial charge in [-0.25, -0.2) is 9.78 Å². The molecule has 0 saturated heterocycles. The first-order valence-corrected chi connectivity index (χ1v) is 14.6. The minimum Gasteiger partial charge on any atom is -0.466 e. The van der Waals surface area contributed by atoms with Crippen molar-refractivity contribution in [3.05, 3.63) is 56.4 Å². The molecule has 0 aromatic carbocycles. The fourth-order valence-corrected chi connectivity index (χ4v) is 6.37. The Morgan fingerprint density at radius 2 is 2.00 bits per heavy atom. The Morgan fingerprint density at radius 1 is 1.23 bits per heavy atom. The van der Waals surface area contributed by atoms with Gasteiger partial charge in [-0.15, -0.1) is 11.3 Å². The van der Waals surface area contributed by atoms with Crippen molar-refractivity contribution in [3.8, 4) is 0 Å². The summed E-state index contributed by atoms with van der Waals surface area (Å²) >= 11 is 0.146. The van der Waals surface area contributed by atoms with Gasteiger partial charge in [0.2, 0.25) is 11.8 Å². The van der Waals surface area contributed by atoms with Crippen LogP contribution in [0.25, 0.3) is 0 Å². The first kappa shape index (κ1) is 31.9. The lowest BCUT2D eigenvalue weighted by Crippen LogP contribution is -2.45. The predicted molar refractivity (Wildman–Crippen MR) is 150 cm³/mol. The summed E-state index contributed by atoms with van der Waals surface area (Å²) in [5.74, 6) is -1.64. The maximum absolute atomic E-state index is 13.2. The number of carbonyl (C=O) groups is 4. The second-order valence-electron chi connectivity index (χ2n) is 10.7. The lowest BCUT2D eigenvalue weighted by molar-refractivity contribution is -0.138. The number of thiazole rings is 1. The molecule has 2 saturated carbocycles. The molecule has 15 heteroatoms. The summed E-state index contributed by atoms with van der Waals surface area (Å²) in [6, 6.07) is 1.61. The number of esters is 1. The zero-order valence-electron chi connectivity index (χ0n) is 23.5. The zero-order valence-corrected chi connectivity index (χ0v) is 24.3. The molecule has 0 radical (unpaired) electrons. The highest BCUT2D eigenvalue weighted by molar-refractivity contribution is 7.13. The highest BCUT2D eigenvalue weighted by Gasteiger charge is 2.40. The third kappa shape index (κ3) is 8.09. The van der Waals surface area contributed by atoms with Crippen LogP contribution in [0, 0.1) is 18.8 Å². The number of alkyl halides is 3. The molecule has 3 amide bonds. The van der Waals surface area contributed by atoms with E-state index in [1.165, 1.54) is 44.9 Å². The maximum atomic E-state index is 13.2. The maximum Gasteiger partial charge on any atom is 0.443 e. The number of allylic oxidation sites excluding steroid dienone is 1. The van der Waals surface area contributed by atoms with Gasteiger partial charge in [0, 0.05) is 18.3 Å². The Morgan fingerprint density at radius 3 is 2.63 bits per heavy atom. The molecule has 2 aliphatic carbocycles. The van der Waals surface area contributed by atoms with Crippen LogP contribution in [0.15, 0.2) is 35.3 Å². The molecular formula is C28H32F3N5O6S. The molecule has 3 N–H and O–H groups in total. The van der Waals surface area contributed by atoms with Crippen molar-refractivity contribution in [3.63, 3.8) is 0 Å². The number of hydrogen-bond donors (Lipinski definition) is 3. The summed E-state index contributed by atoms with van der Waals surface area (Å²) in [5.41, 5.74) is -0.963. The SMILES string of the molecule is COC(=O)/C=C/CCC(NC(=O)c1sc(C(F)(F)F)nc1C)C(=O)Nc1cccn(CC(=O)N[C@@H]2C[C@@H]3CC[C@H]2C3)c1=O. The van der Waals surface area contributed by atoms with Gasteiger partial charge in [-0.1, -0.05) is 12.5 Å². The number of fused-ring (bicyclic) bond motifs is 2. The largest absolute Gasteiger partial charge is 0.466 e. The monoisotopic (exact) mass is 623 g/mol. The van der Waals surface area contributed by atoms with Crippen LogP contribution in [0.2, 0.25) is 0 Å². The number of rotatable bonds is 11. The number of methoxy groups -OCH3 is 1. The number of nitrogens with zero attached hydrogens (tertiary/aromatic N) is 2. The van der Waals surface area contributed by atoms with Gasteiger partial charge in [-0.05, 0) is 63.0 Å².